The van der Waals surface area contributed by atoms with Crippen LogP contribution in [0.4, 0.5) is 0 Å². The third-order valence-corrected chi connectivity index (χ3v) is 2.12. The summed E-state index contributed by atoms with van der Waals surface area (Å²) in [5.41, 5.74) is 3.29. The summed E-state index contributed by atoms with van der Waals surface area (Å²) < 4.78 is 0. The van der Waals surface area contributed by atoms with E-state index < -0.39 is 0 Å². The molecule has 0 aliphatic heterocycles. The Balaban J connectivity index is 2.39. The molecular weight excluding hydrogens is 168 g/mol. The van der Waals surface area contributed by atoms with E-state index in [-0.39, 0.29) is 0 Å². The molecule has 2 aromatic rings. The molecule has 0 aliphatic carbocycles. The zero-order valence-corrected chi connectivity index (χ0v) is 7.77. The van der Waals surface area contributed by atoms with Crippen LogP contribution in [0.15, 0.2) is 48.5 Å². The molecule has 14 heavy (non-hydrogen) atoms. The van der Waals surface area contributed by atoms with Gasteiger partial charge in [0.1, 0.15) is 0 Å². The highest BCUT2D eigenvalue weighted by atomic mass is 14.0. The van der Waals surface area contributed by atoms with Crippen molar-refractivity contribution in [1.29, 1.82) is 0 Å². The largest absolute Gasteiger partial charge is 0.0622 e. The molecule has 0 atom stereocenters. The first kappa shape index (κ1) is 8.76. The van der Waals surface area contributed by atoms with Crippen LogP contribution in [0.25, 0.3) is 17.2 Å². The van der Waals surface area contributed by atoms with E-state index >= 15 is 0 Å². The molecule has 0 aromatic heterocycles. The van der Waals surface area contributed by atoms with Gasteiger partial charge in [0.25, 0.3) is 0 Å². The molecule has 2 rings (SSSR count). The predicted octanol–water partition coefficient (Wildman–Crippen LogP) is 3.60. The first-order valence-corrected chi connectivity index (χ1v) is 4.52. The lowest BCUT2D eigenvalue weighted by atomic mass is 10.0. The van der Waals surface area contributed by atoms with Gasteiger partial charge in [0.05, 0.1) is 0 Å². The van der Waals surface area contributed by atoms with E-state index in [1.807, 2.05) is 36.4 Å². The second-order valence-corrected chi connectivity index (χ2v) is 3.07. The Labute approximate surface area is 84.5 Å². The average molecular weight is 178 g/mol. The molecule has 0 unspecified atom stereocenters. The number of rotatable bonds is 2. The maximum absolute atomic E-state index is 5.38. The summed E-state index contributed by atoms with van der Waals surface area (Å²) in [5, 5.41) is 0. The van der Waals surface area contributed by atoms with Crippen molar-refractivity contribution in [1.82, 2.24) is 0 Å². The summed E-state index contributed by atoms with van der Waals surface area (Å²) in [6, 6.07) is 19.3. The van der Waals surface area contributed by atoms with Crippen LogP contribution in [0.3, 0.4) is 0 Å². The second kappa shape index (κ2) is 3.93. The Hall–Kier alpha value is -1.82. The van der Waals surface area contributed by atoms with E-state index in [1.54, 1.807) is 6.08 Å². The minimum absolute atomic E-state index is 0.921. The highest BCUT2D eigenvalue weighted by Gasteiger charge is 1.94. The molecule has 0 amide bonds. The smallest absolute Gasteiger partial charge is 0.00990 e. The van der Waals surface area contributed by atoms with E-state index in [0.29, 0.717) is 0 Å². The lowest BCUT2D eigenvalue weighted by molar-refractivity contribution is 1.59. The van der Waals surface area contributed by atoms with Crippen LogP contribution < -0.4 is 0 Å². The van der Waals surface area contributed by atoms with Gasteiger partial charge in [0.15, 0.2) is 0 Å². The highest BCUT2D eigenvalue weighted by molar-refractivity contribution is 5.64. The van der Waals surface area contributed by atoms with Crippen LogP contribution in [0.2, 0.25) is 0 Å². The van der Waals surface area contributed by atoms with Crippen LogP contribution >= 0.6 is 0 Å². The van der Waals surface area contributed by atoms with E-state index in [1.165, 1.54) is 5.56 Å². The molecule has 0 N–H and O–H groups in total. The molecular formula is C14H10. The molecule has 0 saturated carbocycles. The summed E-state index contributed by atoms with van der Waals surface area (Å²) in [6.07, 6.45) is 1.55. The van der Waals surface area contributed by atoms with Crippen LogP contribution in [0.1, 0.15) is 5.56 Å². The first-order valence-electron chi connectivity index (χ1n) is 4.52. The molecule has 0 bridgehead atoms. The molecule has 2 aromatic carbocycles. The lowest BCUT2D eigenvalue weighted by Crippen LogP contribution is -1.77. The van der Waals surface area contributed by atoms with Gasteiger partial charge < -0.3 is 0 Å². The molecule has 0 heteroatoms. The third-order valence-electron chi connectivity index (χ3n) is 2.12. The predicted molar refractivity (Wildman–Crippen MR) is 59.5 cm³/mol. The summed E-state index contributed by atoms with van der Waals surface area (Å²) in [5.74, 6) is 0. The molecule has 0 heterocycles. The Bertz CT molecular complexity index is 410. The minimum Gasteiger partial charge on any atom is -0.0622 e. The SMILES string of the molecule is [CH]=Cc1[c]cc(-c2ccccc2)cc1. The summed E-state index contributed by atoms with van der Waals surface area (Å²) >= 11 is 0. The zero-order valence-electron chi connectivity index (χ0n) is 7.77. The fourth-order valence-corrected chi connectivity index (χ4v) is 1.35. The Morgan fingerprint density at radius 1 is 0.929 bits per heavy atom. The average Bonchev–Trinajstić information content (AvgIpc) is 2.30. The van der Waals surface area contributed by atoms with Crippen molar-refractivity contribution in [3.63, 3.8) is 0 Å². The Morgan fingerprint density at radius 3 is 2.29 bits per heavy atom. The van der Waals surface area contributed by atoms with Gasteiger partial charge in [-0.05, 0) is 28.8 Å². The number of hydrogen-bond donors (Lipinski definition) is 0. The first-order chi connectivity index (χ1) is 6.90. The molecule has 66 valence electrons. The minimum atomic E-state index is 0.921. The second-order valence-electron chi connectivity index (χ2n) is 3.07. The van der Waals surface area contributed by atoms with Crippen LogP contribution in [-0.2, 0) is 0 Å². The van der Waals surface area contributed by atoms with Crippen molar-refractivity contribution in [2.24, 2.45) is 0 Å². The Kier molecular flexibility index (Phi) is 2.46. The lowest BCUT2D eigenvalue weighted by Gasteiger charge is -2.00. The van der Waals surface area contributed by atoms with Gasteiger partial charge >= 0.3 is 0 Å². The van der Waals surface area contributed by atoms with Crippen molar-refractivity contribution in [2.75, 3.05) is 0 Å². The van der Waals surface area contributed by atoms with Crippen molar-refractivity contribution < 1.29 is 0 Å². The van der Waals surface area contributed by atoms with Gasteiger partial charge in [-0.15, -0.1) is 0 Å². The Morgan fingerprint density at radius 2 is 1.71 bits per heavy atom. The van der Waals surface area contributed by atoms with Gasteiger partial charge in [0.2, 0.25) is 0 Å². The fourth-order valence-electron chi connectivity index (χ4n) is 1.35. The highest BCUT2D eigenvalue weighted by Crippen LogP contribution is 2.18. The molecule has 0 fully saturated rings. The number of hydrogen-bond acceptors (Lipinski definition) is 0. The summed E-state index contributed by atoms with van der Waals surface area (Å²) in [7, 11) is 0. The van der Waals surface area contributed by atoms with Gasteiger partial charge in [-0.3, -0.25) is 0 Å². The van der Waals surface area contributed by atoms with Crippen LogP contribution in [0, 0.1) is 12.6 Å². The maximum Gasteiger partial charge on any atom is -0.00990 e. The fraction of sp³-hybridized carbons (Fsp3) is 0. The van der Waals surface area contributed by atoms with E-state index in [4.69, 9.17) is 6.58 Å². The van der Waals surface area contributed by atoms with Crippen LogP contribution in [-0.4, -0.2) is 0 Å². The van der Waals surface area contributed by atoms with E-state index in [0.717, 1.165) is 11.1 Å². The zero-order chi connectivity index (χ0) is 9.80. The molecule has 0 spiro atoms. The standard InChI is InChI=1S/C14H10/c1-2-12-8-10-14(11-9-12)13-6-4-3-5-7-13/h1-8,10-11H. The molecule has 0 nitrogen and oxygen atoms in total. The molecule has 0 saturated heterocycles. The molecule has 2 radical (unpaired) electrons. The van der Waals surface area contributed by atoms with E-state index in [9.17, 15) is 0 Å². The van der Waals surface area contributed by atoms with Crippen molar-refractivity contribution in [3.05, 3.63) is 66.7 Å². The van der Waals surface area contributed by atoms with Crippen molar-refractivity contribution in [3.8, 4) is 11.1 Å². The van der Waals surface area contributed by atoms with Crippen LogP contribution in [0.5, 0.6) is 0 Å². The monoisotopic (exact) mass is 178 g/mol. The van der Waals surface area contributed by atoms with Gasteiger partial charge in [-0.2, -0.15) is 0 Å². The third kappa shape index (κ3) is 1.74. The maximum atomic E-state index is 5.38. The topological polar surface area (TPSA) is 0 Å². The van der Waals surface area contributed by atoms with Crippen molar-refractivity contribution >= 4 is 6.08 Å². The van der Waals surface area contributed by atoms with Gasteiger partial charge in [-0.25, -0.2) is 0 Å². The number of benzene rings is 2. The van der Waals surface area contributed by atoms with Gasteiger partial charge in [0, 0.05) is 0 Å². The quantitative estimate of drug-likeness (QED) is 0.659. The molecule has 0 aliphatic rings. The summed E-state index contributed by atoms with van der Waals surface area (Å²) in [6.45, 7) is 5.38. The summed E-state index contributed by atoms with van der Waals surface area (Å²) in [4.78, 5) is 0. The van der Waals surface area contributed by atoms with Gasteiger partial charge in [-0.1, -0.05) is 55.1 Å². The van der Waals surface area contributed by atoms with E-state index in [2.05, 4.69) is 18.2 Å². The normalized spacial score (nSPS) is 9.71. The van der Waals surface area contributed by atoms with Crippen molar-refractivity contribution in [2.45, 2.75) is 0 Å².